The van der Waals surface area contributed by atoms with Gasteiger partial charge in [-0.25, -0.2) is 8.75 Å². The van der Waals surface area contributed by atoms with Crippen molar-refractivity contribution >= 4 is 16.7 Å². The van der Waals surface area contributed by atoms with Gasteiger partial charge in [-0.2, -0.15) is 4.98 Å². The highest BCUT2D eigenvalue weighted by Gasteiger charge is 2.00. The molecule has 1 rings (SSSR count). The standard InChI is InChI=1S/C5H9N3OS/c1-3-8-5(9)7-4(6-2)10-8/h3H2,1-2H3,(H,6,7,9). The first-order valence-electron chi connectivity index (χ1n) is 3.03. The Kier molecular flexibility index (Phi) is 2.06. The number of hydrogen-bond donors (Lipinski definition) is 1. The van der Waals surface area contributed by atoms with Gasteiger partial charge in [-0.3, -0.25) is 0 Å². The molecule has 0 radical (unpaired) electrons. The summed E-state index contributed by atoms with van der Waals surface area (Å²) in [6.45, 7) is 2.61. The first kappa shape index (κ1) is 7.27. The van der Waals surface area contributed by atoms with Crippen molar-refractivity contribution in [2.45, 2.75) is 13.5 Å². The lowest BCUT2D eigenvalue weighted by molar-refractivity contribution is 0.788. The Hall–Kier alpha value is -0.840. The normalized spacial score (nSPS) is 9.80. The van der Waals surface area contributed by atoms with Gasteiger partial charge in [-0.1, -0.05) is 0 Å². The number of anilines is 1. The molecule has 4 nitrogen and oxygen atoms in total. The molecule has 0 spiro atoms. The van der Waals surface area contributed by atoms with Crippen LogP contribution in [0.5, 0.6) is 0 Å². The van der Waals surface area contributed by atoms with Crippen LogP contribution in [0.1, 0.15) is 6.92 Å². The van der Waals surface area contributed by atoms with Crippen LogP contribution in [0.3, 0.4) is 0 Å². The van der Waals surface area contributed by atoms with Gasteiger partial charge in [0.05, 0.1) is 0 Å². The predicted octanol–water partition coefficient (Wildman–Crippen LogP) is 0.366. The Bertz CT molecular complexity index is 264. The summed E-state index contributed by atoms with van der Waals surface area (Å²) >= 11 is 1.34. The second kappa shape index (κ2) is 2.83. The summed E-state index contributed by atoms with van der Waals surface area (Å²) in [5, 5.41) is 3.48. The maximum Gasteiger partial charge on any atom is 0.359 e. The maximum atomic E-state index is 10.9. The fourth-order valence-electron chi connectivity index (χ4n) is 0.608. The zero-order valence-electron chi connectivity index (χ0n) is 5.92. The molecule has 0 fully saturated rings. The van der Waals surface area contributed by atoms with Gasteiger partial charge in [0, 0.05) is 13.6 Å². The summed E-state index contributed by atoms with van der Waals surface area (Å²) in [7, 11) is 1.75. The monoisotopic (exact) mass is 159 g/mol. The maximum absolute atomic E-state index is 10.9. The lowest BCUT2D eigenvalue weighted by atomic mass is 10.8. The molecule has 10 heavy (non-hydrogen) atoms. The van der Waals surface area contributed by atoms with Crippen LogP contribution in [0.15, 0.2) is 4.79 Å². The summed E-state index contributed by atoms with van der Waals surface area (Å²) < 4.78 is 1.59. The molecular weight excluding hydrogens is 150 g/mol. The molecule has 0 saturated heterocycles. The minimum absolute atomic E-state index is 0.170. The molecule has 1 heterocycles. The Morgan fingerprint density at radius 3 is 2.80 bits per heavy atom. The van der Waals surface area contributed by atoms with Gasteiger partial charge in [0.1, 0.15) is 0 Å². The van der Waals surface area contributed by atoms with Crippen molar-refractivity contribution in [2.75, 3.05) is 12.4 Å². The van der Waals surface area contributed by atoms with Crippen LogP contribution < -0.4 is 11.0 Å². The van der Waals surface area contributed by atoms with Gasteiger partial charge >= 0.3 is 5.69 Å². The topological polar surface area (TPSA) is 46.9 Å². The van der Waals surface area contributed by atoms with Crippen molar-refractivity contribution in [1.29, 1.82) is 0 Å². The molecule has 0 bridgehead atoms. The SMILES string of the molecule is CCn1sc(NC)nc1=O. The van der Waals surface area contributed by atoms with E-state index in [-0.39, 0.29) is 5.69 Å². The highest BCUT2D eigenvalue weighted by Crippen LogP contribution is 2.05. The average Bonchev–Trinajstić information content (AvgIpc) is 2.30. The summed E-state index contributed by atoms with van der Waals surface area (Å²) in [5.41, 5.74) is -0.170. The molecule has 0 aliphatic rings. The molecule has 1 aromatic rings. The Morgan fingerprint density at radius 1 is 1.80 bits per heavy atom. The van der Waals surface area contributed by atoms with E-state index >= 15 is 0 Å². The van der Waals surface area contributed by atoms with E-state index in [0.29, 0.717) is 11.7 Å². The molecule has 5 heteroatoms. The highest BCUT2D eigenvalue weighted by atomic mass is 32.1. The minimum atomic E-state index is -0.170. The smallest absolute Gasteiger partial charge is 0.359 e. The third kappa shape index (κ3) is 1.18. The number of nitrogens with zero attached hydrogens (tertiary/aromatic N) is 2. The molecule has 0 saturated carbocycles. The van der Waals surface area contributed by atoms with E-state index in [4.69, 9.17) is 0 Å². The van der Waals surface area contributed by atoms with Crippen LogP contribution in [-0.2, 0) is 6.54 Å². The molecule has 0 amide bonds. The molecule has 1 N–H and O–H groups in total. The van der Waals surface area contributed by atoms with Gasteiger partial charge in [-0.15, -0.1) is 0 Å². The second-order valence-electron chi connectivity index (χ2n) is 1.74. The Morgan fingerprint density at radius 2 is 2.50 bits per heavy atom. The van der Waals surface area contributed by atoms with E-state index in [0.717, 1.165) is 0 Å². The molecule has 0 unspecified atom stereocenters. The Balaban J connectivity index is 3.04. The van der Waals surface area contributed by atoms with Crippen LogP contribution >= 0.6 is 11.5 Å². The second-order valence-corrected chi connectivity index (χ2v) is 2.75. The Labute approximate surface area is 62.7 Å². The summed E-state index contributed by atoms with van der Waals surface area (Å²) in [6, 6.07) is 0. The van der Waals surface area contributed by atoms with E-state index < -0.39 is 0 Å². The van der Waals surface area contributed by atoms with Crippen LogP contribution in [0.4, 0.5) is 5.13 Å². The number of aryl methyl sites for hydroxylation is 1. The fraction of sp³-hybridized carbons (Fsp3) is 0.600. The molecule has 0 aromatic carbocycles. The third-order valence-corrected chi connectivity index (χ3v) is 2.21. The van der Waals surface area contributed by atoms with Gasteiger partial charge in [0.15, 0.2) is 0 Å². The van der Waals surface area contributed by atoms with E-state index in [2.05, 4.69) is 10.3 Å². The first-order chi connectivity index (χ1) is 4.77. The number of rotatable bonds is 2. The van der Waals surface area contributed by atoms with Gasteiger partial charge in [0.25, 0.3) is 0 Å². The van der Waals surface area contributed by atoms with Gasteiger partial charge in [-0.05, 0) is 18.5 Å². The summed E-state index contributed by atoms with van der Waals surface area (Å²) in [5.74, 6) is 0. The van der Waals surface area contributed by atoms with E-state index in [1.54, 1.807) is 11.0 Å². The molecule has 1 aromatic heterocycles. The third-order valence-electron chi connectivity index (χ3n) is 1.11. The number of hydrogen-bond acceptors (Lipinski definition) is 4. The van der Waals surface area contributed by atoms with Crippen LogP contribution in [-0.4, -0.2) is 16.0 Å². The van der Waals surface area contributed by atoms with Crippen LogP contribution in [0, 0.1) is 0 Å². The van der Waals surface area contributed by atoms with Crippen molar-refractivity contribution < 1.29 is 0 Å². The van der Waals surface area contributed by atoms with Gasteiger partial charge in [0.2, 0.25) is 5.13 Å². The van der Waals surface area contributed by atoms with Crippen molar-refractivity contribution in [3.8, 4) is 0 Å². The lowest BCUT2D eigenvalue weighted by Crippen LogP contribution is -2.13. The largest absolute Gasteiger partial charge is 0.363 e. The number of aromatic nitrogens is 2. The van der Waals surface area contributed by atoms with Crippen molar-refractivity contribution in [2.24, 2.45) is 0 Å². The zero-order valence-corrected chi connectivity index (χ0v) is 6.73. The van der Waals surface area contributed by atoms with Crippen LogP contribution in [0.2, 0.25) is 0 Å². The fourth-order valence-corrected chi connectivity index (χ4v) is 1.27. The average molecular weight is 159 g/mol. The van der Waals surface area contributed by atoms with Crippen LogP contribution in [0.25, 0.3) is 0 Å². The minimum Gasteiger partial charge on any atom is -0.363 e. The quantitative estimate of drug-likeness (QED) is 0.678. The van der Waals surface area contributed by atoms with Crippen molar-refractivity contribution in [3.63, 3.8) is 0 Å². The highest BCUT2D eigenvalue weighted by molar-refractivity contribution is 7.10. The molecule has 0 aliphatic carbocycles. The van der Waals surface area contributed by atoms with E-state index in [9.17, 15) is 4.79 Å². The van der Waals surface area contributed by atoms with Crippen molar-refractivity contribution in [1.82, 2.24) is 8.94 Å². The molecule has 56 valence electrons. The summed E-state index contributed by atoms with van der Waals surface area (Å²) in [4.78, 5) is 14.6. The molecule has 0 aliphatic heterocycles. The molecule has 0 atom stereocenters. The zero-order chi connectivity index (χ0) is 7.56. The lowest BCUT2D eigenvalue weighted by Gasteiger charge is -1.88. The predicted molar refractivity (Wildman–Crippen MR) is 41.6 cm³/mol. The van der Waals surface area contributed by atoms with Gasteiger partial charge < -0.3 is 5.32 Å². The number of nitrogens with one attached hydrogen (secondary N) is 1. The van der Waals surface area contributed by atoms with Crippen molar-refractivity contribution in [3.05, 3.63) is 10.5 Å². The summed E-state index contributed by atoms with van der Waals surface area (Å²) in [6.07, 6.45) is 0. The van der Waals surface area contributed by atoms with E-state index in [1.165, 1.54) is 11.5 Å². The molecular formula is C5H9N3OS. The van der Waals surface area contributed by atoms with E-state index in [1.807, 2.05) is 6.92 Å². The first-order valence-corrected chi connectivity index (χ1v) is 3.81.